The van der Waals surface area contributed by atoms with E-state index in [1.165, 1.54) is 21.8 Å². The monoisotopic (exact) mass is 629 g/mol. The molecule has 3 heteroatoms. The number of anilines is 1. The van der Waals surface area contributed by atoms with E-state index in [2.05, 4.69) is 186 Å². The lowest BCUT2D eigenvalue weighted by molar-refractivity contribution is 1.18. The van der Waals surface area contributed by atoms with Gasteiger partial charge in [-0.25, -0.2) is 4.98 Å². The van der Waals surface area contributed by atoms with E-state index in [1.54, 1.807) is 6.20 Å². The summed E-state index contributed by atoms with van der Waals surface area (Å²) in [4.78, 5) is 4.47. The Labute approximate surface area is 287 Å². The van der Waals surface area contributed by atoms with E-state index < -0.39 is 0 Å². The molecule has 0 unspecified atom stereocenters. The number of hydrogen-bond acceptors (Lipinski definition) is 2. The molecule has 0 bridgehead atoms. The molecular weight excluding hydrogens is 595 g/mol. The number of allylic oxidation sites excluding steroid dienone is 3. The molecule has 8 aromatic rings. The van der Waals surface area contributed by atoms with Crippen molar-refractivity contribution >= 4 is 38.8 Å². The minimum Gasteiger partial charge on any atom is -0.383 e. The number of pyridine rings is 1. The van der Waals surface area contributed by atoms with Crippen LogP contribution in [0.3, 0.4) is 0 Å². The highest BCUT2D eigenvalue weighted by molar-refractivity contribution is 6.10. The van der Waals surface area contributed by atoms with Gasteiger partial charge in [-0.3, -0.25) is 0 Å². The molecule has 6 aromatic carbocycles. The third-order valence-electron chi connectivity index (χ3n) is 9.26. The first-order valence-electron chi connectivity index (χ1n) is 16.6. The molecule has 3 nitrogen and oxygen atoms in total. The van der Waals surface area contributed by atoms with Crippen molar-refractivity contribution < 1.29 is 0 Å². The Bertz CT molecular complexity index is 2490. The third-order valence-corrected chi connectivity index (χ3v) is 9.26. The minimum atomic E-state index is 0.507. The highest BCUT2D eigenvalue weighted by Gasteiger charge is 2.18. The molecule has 2 heterocycles. The average Bonchev–Trinajstić information content (AvgIpc) is 3.50. The molecule has 0 aliphatic rings. The fourth-order valence-electron chi connectivity index (χ4n) is 6.89. The van der Waals surface area contributed by atoms with Gasteiger partial charge in [-0.1, -0.05) is 127 Å². The van der Waals surface area contributed by atoms with E-state index in [4.69, 9.17) is 5.73 Å². The molecule has 2 aromatic heterocycles. The van der Waals surface area contributed by atoms with Crippen LogP contribution in [0.15, 0.2) is 182 Å². The Morgan fingerprint density at radius 3 is 1.94 bits per heavy atom. The molecule has 0 spiro atoms. The summed E-state index contributed by atoms with van der Waals surface area (Å²) < 4.78 is 2.37. The molecule has 0 radical (unpaired) electrons. The number of hydrogen-bond donors (Lipinski definition) is 1. The second-order valence-corrected chi connectivity index (χ2v) is 12.2. The highest BCUT2D eigenvalue weighted by atomic mass is 15.0. The number of benzene rings is 6. The van der Waals surface area contributed by atoms with Crippen LogP contribution in [0.1, 0.15) is 23.6 Å². The molecule has 0 aliphatic heterocycles. The first-order chi connectivity index (χ1) is 24.2. The van der Waals surface area contributed by atoms with E-state index in [0.29, 0.717) is 5.82 Å². The quantitative estimate of drug-likeness (QED) is 0.178. The normalized spacial score (nSPS) is 12.1. The first kappa shape index (κ1) is 29.9. The number of fused-ring (bicyclic) bond motifs is 3. The van der Waals surface area contributed by atoms with Crippen LogP contribution in [-0.4, -0.2) is 9.55 Å². The van der Waals surface area contributed by atoms with Crippen LogP contribution in [0.5, 0.6) is 0 Å². The average molecular weight is 630 g/mol. The zero-order valence-electron chi connectivity index (χ0n) is 27.3. The first-order valence-corrected chi connectivity index (χ1v) is 16.6. The molecule has 2 N–H and O–H groups in total. The topological polar surface area (TPSA) is 43.8 Å². The van der Waals surface area contributed by atoms with Crippen LogP contribution in [0.4, 0.5) is 5.82 Å². The maximum atomic E-state index is 6.55. The number of nitrogens with zero attached hydrogens (tertiary/aromatic N) is 2. The van der Waals surface area contributed by atoms with E-state index in [0.717, 1.165) is 55.8 Å². The van der Waals surface area contributed by atoms with Crippen LogP contribution in [0.25, 0.3) is 60.9 Å². The summed E-state index contributed by atoms with van der Waals surface area (Å²) in [7, 11) is 0. The molecular formula is C46H35N3. The molecule has 8 rings (SSSR count). The van der Waals surface area contributed by atoms with Gasteiger partial charge in [-0.2, -0.15) is 0 Å². The van der Waals surface area contributed by atoms with Crippen LogP contribution in [-0.2, 0) is 0 Å². The molecule has 0 fully saturated rings. The number of para-hydroxylation sites is 2. The van der Waals surface area contributed by atoms with Crippen molar-refractivity contribution in [1.82, 2.24) is 9.55 Å². The molecule has 0 saturated carbocycles. The van der Waals surface area contributed by atoms with Gasteiger partial charge in [0.15, 0.2) is 0 Å². The molecule has 49 heavy (non-hydrogen) atoms. The highest BCUT2D eigenvalue weighted by Crippen LogP contribution is 2.40. The number of aromatic nitrogens is 2. The summed E-state index contributed by atoms with van der Waals surface area (Å²) in [6, 6.07) is 58.0. The van der Waals surface area contributed by atoms with Crippen LogP contribution in [0.2, 0.25) is 0 Å². The smallest absolute Gasteiger partial charge is 0.131 e. The zero-order chi connectivity index (χ0) is 33.2. The maximum absolute atomic E-state index is 6.55. The zero-order valence-corrected chi connectivity index (χ0v) is 27.3. The van der Waals surface area contributed by atoms with Gasteiger partial charge in [0.2, 0.25) is 0 Å². The SMILES string of the molecule is C/C=C(\C=C(c1ccccc1)c1cc(-c2ccc3c4ccccc4n(-c4ccccc4)c3c2)ccc1-c1cccnc1N)c1ccccc1. The number of rotatable bonds is 7. The van der Waals surface area contributed by atoms with E-state index >= 15 is 0 Å². The number of nitrogens with two attached hydrogens (primary N) is 1. The lowest BCUT2D eigenvalue weighted by atomic mass is 9.86. The van der Waals surface area contributed by atoms with E-state index in [-0.39, 0.29) is 0 Å². The van der Waals surface area contributed by atoms with E-state index in [9.17, 15) is 0 Å². The Morgan fingerprint density at radius 2 is 1.20 bits per heavy atom. The summed E-state index contributed by atoms with van der Waals surface area (Å²) in [5.74, 6) is 0.507. The van der Waals surface area contributed by atoms with Gasteiger partial charge in [0.05, 0.1) is 11.0 Å². The molecule has 0 aliphatic carbocycles. The fourth-order valence-corrected chi connectivity index (χ4v) is 6.89. The van der Waals surface area contributed by atoms with Crippen molar-refractivity contribution in [2.45, 2.75) is 6.92 Å². The summed E-state index contributed by atoms with van der Waals surface area (Å²) in [5.41, 5.74) is 19.9. The summed E-state index contributed by atoms with van der Waals surface area (Å²) in [6.45, 7) is 2.10. The van der Waals surface area contributed by atoms with E-state index in [1.807, 2.05) is 6.07 Å². The molecule has 0 atom stereocenters. The van der Waals surface area contributed by atoms with Crippen LogP contribution >= 0.6 is 0 Å². The molecule has 0 amide bonds. The van der Waals surface area contributed by atoms with Gasteiger partial charge in [-0.15, -0.1) is 0 Å². The number of nitrogen functional groups attached to an aromatic ring is 1. The largest absolute Gasteiger partial charge is 0.383 e. The van der Waals surface area contributed by atoms with Crippen molar-refractivity contribution in [1.29, 1.82) is 0 Å². The minimum absolute atomic E-state index is 0.507. The second-order valence-electron chi connectivity index (χ2n) is 12.2. The Hall–Kier alpha value is -6.45. The van der Waals surface area contributed by atoms with Gasteiger partial charge < -0.3 is 10.3 Å². The van der Waals surface area contributed by atoms with Gasteiger partial charge in [0, 0.05) is 28.2 Å². The lowest BCUT2D eigenvalue weighted by Crippen LogP contribution is -1.99. The Morgan fingerprint density at radius 1 is 0.571 bits per heavy atom. The van der Waals surface area contributed by atoms with Gasteiger partial charge >= 0.3 is 0 Å². The summed E-state index contributed by atoms with van der Waals surface area (Å²) in [5, 5.41) is 2.47. The predicted octanol–water partition coefficient (Wildman–Crippen LogP) is 11.6. The molecule has 234 valence electrons. The van der Waals surface area contributed by atoms with Crippen molar-refractivity contribution in [3.05, 3.63) is 199 Å². The van der Waals surface area contributed by atoms with Gasteiger partial charge in [0.1, 0.15) is 5.82 Å². The third kappa shape index (κ3) is 5.62. The summed E-state index contributed by atoms with van der Waals surface area (Å²) in [6.07, 6.45) is 6.22. The van der Waals surface area contributed by atoms with Crippen LogP contribution < -0.4 is 5.73 Å². The summed E-state index contributed by atoms with van der Waals surface area (Å²) >= 11 is 0. The molecule has 0 saturated heterocycles. The Balaban J connectivity index is 1.39. The standard InChI is InChI=1S/C46H35N3/c1-2-32(33-15-6-3-7-16-33)29-42(34-17-8-4-9-18-34)43-30-35(24-26-38(43)41-22-14-28-48-46(41)47)36-25-27-40-39-21-12-13-23-44(39)49(45(40)31-36)37-19-10-5-11-20-37/h2-31H,1H3,(H2,47,48)/b32-2+,42-29?. The van der Waals surface area contributed by atoms with Crippen molar-refractivity contribution in [2.75, 3.05) is 5.73 Å². The predicted molar refractivity (Wildman–Crippen MR) is 207 cm³/mol. The van der Waals surface area contributed by atoms with Crippen molar-refractivity contribution in [3.63, 3.8) is 0 Å². The maximum Gasteiger partial charge on any atom is 0.131 e. The van der Waals surface area contributed by atoms with Crippen molar-refractivity contribution in [2.24, 2.45) is 0 Å². The van der Waals surface area contributed by atoms with Crippen molar-refractivity contribution in [3.8, 4) is 27.9 Å². The fraction of sp³-hybridized carbons (Fsp3) is 0.0217. The van der Waals surface area contributed by atoms with Gasteiger partial charge in [-0.05, 0) is 100.0 Å². The lowest BCUT2D eigenvalue weighted by Gasteiger charge is -2.18. The van der Waals surface area contributed by atoms with Gasteiger partial charge in [0.25, 0.3) is 0 Å². The second kappa shape index (κ2) is 13.0. The van der Waals surface area contributed by atoms with Crippen LogP contribution in [0, 0.1) is 0 Å². The Kier molecular flexibility index (Phi) is 7.93.